The zero-order valence-corrected chi connectivity index (χ0v) is 17.0. The Labute approximate surface area is 181 Å². The molecule has 0 saturated carbocycles. The molecule has 0 spiro atoms. The van der Waals surface area contributed by atoms with Crippen LogP contribution in [0.3, 0.4) is 0 Å². The van der Waals surface area contributed by atoms with Gasteiger partial charge in [-0.1, -0.05) is 5.92 Å². The molecule has 1 aromatic heterocycles. The number of alkyl halides is 3. The van der Waals surface area contributed by atoms with E-state index in [4.69, 9.17) is 16.3 Å². The van der Waals surface area contributed by atoms with Gasteiger partial charge >= 0.3 is 6.18 Å². The maximum atomic E-state index is 13.4. The largest absolute Gasteiger partial charge is 0.481 e. The van der Waals surface area contributed by atoms with Gasteiger partial charge in [0.25, 0.3) is 0 Å². The highest BCUT2D eigenvalue weighted by Crippen LogP contribution is 2.35. The van der Waals surface area contributed by atoms with Crippen LogP contribution >= 0.6 is 0 Å². The van der Waals surface area contributed by atoms with E-state index in [2.05, 4.69) is 26.5 Å². The van der Waals surface area contributed by atoms with Gasteiger partial charge in [0, 0.05) is 17.6 Å². The van der Waals surface area contributed by atoms with Crippen molar-refractivity contribution in [3.8, 4) is 18.1 Å². The molecule has 4 N–H and O–H groups in total. The monoisotopic (exact) mass is 463 g/mol. The Bertz CT molecular complexity index is 1240. The van der Waals surface area contributed by atoms with E-state index in [0.717, 1.165) is 12.1 Å². The molecule has 0 saturated heterocycles. The zero-order chi connectivity index (χ0) is 23.4. The molecular weight excluding hydrogens is 447 g/mol. The molecule has 3 aromatic rings. The van der Waals surface area contributed by atoms with Gasteiger partial charge in [-0.05, 0) is 48.5 Å². The summed E-state index contributed by atoms with van der Waals surface area (Å²) in [5.41, 5.74) is -0.430. The number of halogens is 3. The number of aromatic nitrogens is 2. The minimum absolute atomic E-state index is 0.0982. The van der Waals surface area contributed by atoms with E-state index in [1.54, 1.807) is 24.3 Å². The lowest BCUT2D eigenvalue weighted by Gasteiger charge is -2.15. The summed E-state index contributed by atoms with van der Waals surface area (Å²) in [4.78, 5) is 7.46. The molecule has 12 heteroatoms. The van der Waals surface area contributed by atoms with Gasteiger partial charge in [-0.15, -0.1) is 6.42 Å². The first-order chi connectivity index (χ1) is 15.1. The van der Waals surface area contributed by atoms with Gasteiger partial charge in [-0.2, -0.15) is 18.2 Å². The summed E-state index contributed by atoms with van der Waals surface area (Å²) in [5.74, 6) is 2.23. The highest BCUT2D eigenvalue weighted by atomic mass is 32.2. The van der Waals surface area contributed by atoms with Crippen molar-refractivity contribution in [2.45, 2.75) is 11.1 Å². The normalized spacial score (nSPS) is 11.5. The Kier molecular flexibility index (Phi) is 6.52. The van der Waals surface area contributed by atoms with Crippen molar-refractivity contribution in [2.24, 2.45) is 5.14 Å². The van der Waals surface area contributed by atoms with Gasteiger partial charge in [0.05, 0.1) is 4.90 Å². The second-order valence-electron chi connectivity index (χ2n) is 6.29. The molecule has 0 bridgehead atoms. The van der Waals surface area contributed by atoms with E-state index >= 15 is 0 Å². The average Bonchev–Trinajstić information content (AvgIpc) is 2.72. The second-order valence-corrected chi connectivity index (χ2v) is 7.85. The van der Waals surface area contributed by atoms with Gasteiger partial charge in [-0.3, -0.25) is 0 Å². The fraction of sp³-hybridized carbons (Fsp3) is 0.100. The first-order valence-electron chi connectivity index (χ1n) is 8.84. The van der Waals surface area contributed by atoms with Crippen molar-refractivity contribution in [1.29, 1.82) is 0 Å². The van der Waals surface area contributed by atoms with E-state index in [9.17, 15) is 21.6 Å². The average molecular weight is 463 g/mol. The van der Waals surface area contributed by atoms with E-state index in [1.165, 1.54) is 12.1 Å². The second kappa shape index (κ2) is 9.13. The van der Waals surface area contributed by atoms with Gasteiger partial charge in [0.15, 0.2) is 0 Å². The third kappa shape index (κ3) is 5.87. The number of nitrogens with two attached hydrogens (primary N) is 1. The minimum atomic E-state index is -4.72. The number of sulfonamides is 1. The molecule has 0 radical (unpaired) electrons. The van der Waals surface area contributed by atoms with Gasteiger partial charge in [0.2, 0.25) is 16.0 Å². The predicted molar refractivity (Wildman–Crippen MR) is 112 cm³/mol. The smallest absolute Gasteiger partial charge is 0.421 e. The van der Waals surface area contributed by atoms with Crippen molar-refractivity contribution in [3.63, 3.8) is 0 Å². The molecule has 0 atom stereocenters. The Balaban J connectivity index is 1.86. The topological polar surface area (TPSA) is 119 Å². The molecular formula is C20H16F3N5O3S. The van der Waals surface area contributed by atoms with Crippen LogP contribution in [0.15, 0.2) is 59.6 Å². The predicted octanol–water partition coefficient (Wildman–Crippen LogP) is 3.64. The Morgan fingerprint density at radius 2 is 1.62 bits per heavy atom. The SMILES string of the molecule is C#CCOc1ccc(Nc2ncc(C(F)(F)F)c(Nc3ccc(S(N)(=O)=O)cc3)n2)cc1. The highest BCUT2D eigenvalue weighted by Gasteiger charge is 2.35. The van der Waals surface area contributed by atoms with Crippen LogP contribution < -0.4 is 20.5 Å². The minimum Gasteiger partial charge on any atom is -0.481 e. The fourth-order valence-electron chi connectivity index (χ4n) is 2.50. The number of nitrogens with one attached hydrogen (secondary N) is 2. The van der Waals surface area contributed by atoms with Gasteiger partial charge < -0.3 is 15.4 Å². The lowest BCUT2D eigenvalue weighted by Crippen LogP contribution is -2.13. The summed E-state index contributed by atoms with van der Waals surface area (Å²) in [6.07, 6.45) is 1.04. The molecule has 2 aromatic carbocycles. The molecule has 1 heterocycles. The number of hydrogen-bond acceptors (Lipinski definition) is 7. The summed E-state index contributed by atoms with van der Waals surface area (Å²) < 4.78 is 68.2. The lowest BCUT2D eigenvalue weighted by molar-refractivity contribution is -0.137. The highest BCUT2D eigenvalue weighted by molar-refractivity contribution is 7.89. The molecule has 0 amide bonds. The molecule has 3 rings (SSSR count). The van der Waals surface area contributed by atoms with Crippen LogP contribution in [0.2, 0.25) is 0 Å². The molecule has 0 unspecified atom stereocenters. The van der Waals surface area contributed by atoms with Crippen LogP contribution in [0.1, 0.15) is 5.56 Å². The van der Waals surface area contributed by atoms with Crippen LogP contribution in [0.4, 0.5) is 36.3 Å². The maximum Gasteiger partial charge on any atom is 0.421 e. The third-order valence-corrected chi connectivity index (χ3v) is 4.90. The van der Waals surface area contributed by atoms with Crippen LogP contribution in [0.25, 0.3) is 0 Å². The third-order valence-electron chi connectivity index (χ3n) is 3.97. The van der Waals surface area contributed by atoms with Crippen molar-refractivity contribution in [3.05, 3.63) is 60.3 Å². The van der Waals surface area contributed by atoms with Crippen LogP contribution in [-0.4, -0.2) is 25.0 Å². The van der Waals surface area contributed by atoms with E-state index < -0.39 is 27.6 Å². The number of anilines is 4. The number of hydrogen-bond donors (Lipinski definition) is 3. The van der Waals surface area contributed by atoms with E-state index in [0.29, 0.717) is 17.6 Å². The molecule has 32 heavy (non-hydrogen) atoms. The summed E-state index contributed by atoms with van der Waals surface area (Å²) in [6, 6.07) is 11.3. The molecule has 0 aliphatic rings. The number of nitrogens with zero attached hydrogens (tertiary/aromatic N) is 2. The van der Waals surface area contributed by atoms with Crippen LogP contribution in [-0.2, 0) is 16.2 Å². The molecule has 0 aliphatic heterocycles. The number of terminal acetylenes is 1. The molecule has 166 valence electrons. The number of benzene rings is 2. The van der Waals surface area contributed by atoms with Crippen molar-refractivity contribution in [2.75, 3.05) is 17.2 Å². The Hall–Kier alpha value is -3.82. The zero-order valence-electron chi connectivity index (χ0n) is 16.2. The quantitative estimate of drug-likeness (QED) is 0.458. The van der Waals surface area contributed by atoms with Crippen molar-refractivity contribution >= 4 is 33.2 Å². The standard InChI is InChI=1S/C20H16F3N5O3S/c1-2-11-31-15-7-3-14(4-8-15)27-19-25-12-17(20(21,22)23)18(28-19)26-13-5-9-16(10-6-13)32(24,29)30/h1,3-10,12H,11H2,(H2,24,29,30)(H2,25,26,27,28). The molecule has 0 aliphatic carbocycles. The Morgan fingerprint density at radius 3 is 2.19 bits per heavy atom. The first-order valence-corrected chi connectivity index (χ1v) is 10.4. The van der Waals surface area contributed by atoms with E-state index in [-0.39, 0.29) is 23.1 Å². The van der Waals surface area contributed by atoms with Gasteiger partial charge in [0.1, 0.15) is 23.7 Å². The summed E-state index contributed by atoms with van der Waals surface area (Å²) in [5, 5.41) is 10.4. The van der Waals surface area contributed by atoms with E-state index in [1.807, 2.05) is 0 Å². The van der Waals surface area contributed by atoms with Crippen LogP contribution in [0.5, 0.6) is 5.75 Å². The van der Waals surface area contributed by atoms with Crippen LogP contribution in [0, 0.1) is 12.3 Å². The first kappa shape index (κ1) is 22.9. The fourth-order valence-corrected chi connectivity index (χ4v) is 3.01. The maximum absolute atomic E-state index is 13.4. The number of ether oxygens (including phenoxy) is 1. The number of primary sulfonamides is 1. The summed E-state index contributed by atoms with van der Waals surface area (Å²) in [6.45, 7) is 0.0992. The lowest BCUT2D eigenvalue weighted by atomic mass is 10.2. The summed E-state index contributed by atoms with van der Waals surface area (Å²) in [7, 11) is -3.94. The Morgan fingerprint density at radius 1 is 1.03 bits per heavy atom. The number of rotatable bonds is 7. The van der Waals surface area contributed by atoms with Crippen molar-refractivity contribution < 1.29 is 26.3 Å². The summed E-state index contributed by atoms with van der Waals surface area (Å²) >= 11 is 0. The molecule has 8 nitrogen and oxygen atoms in total. The van der Waals surface area contributed by atoms with Gasteiger partial charge in [-0.25, -0.2) is 18.5 Å². The van der Waals surface area contributed by atoms with Crippen molar-refractivity contribution in [1.82, 2.24) is 9.97 Å². The molecule has 0 fully saturated rings.